The van der Waals surface area contributed by atoms with Crippen molar-refractivity contribution in [1.82, 2.24) is 4.31 Å². The minimum atomic E-state index is -3.83. The number of methoxy groups -OCH3 is 1. The van der Waals surface area contributed by atoms with E-state index in [0.29, 0.717) is 13.1 Å². The van der Waals surface area contributed by atoms with Gasteiger partial charge >= 0.3 is 0 Å². The molecule has 1 aliphatic heterocycles. The zero-order valence-corrected chi connectivity index (χ0v) is 19.2. The van der Waals surface area contributed by atoms with Crippen LogP contribution in [0, 0.1) is 11.6 Å². The van der Waals surface area contributed by atoms with Crippen molar-refractivity contribution in [3.05, 3.63) is 83.9 Å². The van der Waals surface area contributed by atoms with Crippen molar-refractivity contribution in [2.45, 2.75) is 4.90 Å². The van der Waals surface area contributed by atoms with E-state index >= 15 is 0 Å². The second kappa shape index (κ2) is 9.78. The van der Waals surface area contributed by atoms with Gasteiger partial charge in [-0.2, -0.15) is 4.31 Å². The molecule has 34 heavy (non-hydrogen) atoms. The van der Waals surface area contributed by atoms with Gasteiger partial charge in [-0.25, -0.2) is 17.2 Å². The summed E-state index contributed by atoms with van der Waals surface area (Å²) >= 11 is 0. The Bertz CT molecular complexity index is 1290. The topological polar surface area (TPSA) is 78.9 Å². The number of halogens is 2. The minimum Gasteiger partial charge on any atom is -0.494 e. The van der Waals surface area contributed by atoms with Crippen LogP contribution in [0.5, 0.6) is 5.75 Å². The Hall–Kier alpha value is -3.50. The summed E-state index contributed by atoms with van der Waals surface area (Å²) in [5.74, 6) is -1.48. The summed E-state index contributed by atoms with van der Waals surface area (Å²) in [6.45, 7) is 1.41. The van der Waals surface area contributed by atoms with Gasteiger partial charge in [0.25, 0.3) is 5.91 Å². The van der Waals surface area contributed by atoms with Gasteiger partial charge in [-0.1, -0.05) is 6.07 Å². The van der Waals surface area contributed by atoms with Gasteiger partial charge < -0.3 is 15.0 Å². The van der Waals surface area contributed by atoms with Crippen LogP contribution in [0.15, 0.2) is 71.6 Å². The number of ether oxygens (including phenoxy) is 1. The third-order valence-electron chi connectivity index (χ3n) is 5.57. The number of nitrogens with zero attached hydrogens (tertiary/aromatic N) is 2. The predicted octanol–water partition coefficient (Wildman–Crippen LogP) is 3.74. The standard InChI is InChI=1S/C24H23F2N3O4S/c1-33-23-10-7-19(16-22(23)26)27-24(30)17-3-2-4-21(15-17)34(31,32)29-13-11-28(12-14-29)20-8-5-18(25)6-9-20/h2-10,15-16H,11-14H2,1H3,(H,27,30). The van der Waals surface area contributed by atoms with Gasteiger partial charge in [0.05, 0.1) is 12.0 Å². The lowest BCUT2D eigenvalue weighted by molar-refractivity contribution is 0.102. The molecule has 1 N–H and O–H groups in total. The Labute approximate surface area is 196 Å². The quantitative estimate of drug-likeness (QED) is 0.573. The number of carbonyl (C=O) groups is 1. The zero-order valence-electron chi connectivity index (χ0n) is 18.4. The first kappa shape index (κ1) is 23.7. The van der Waals surface area contributed by atoms with Crippen LogP contribution in [0.2, 0.25) is 0 Å². The van der Waals surface area contributed by atoms with Crippen molar-refractivity contribution in [3.8, 4) is 5.75 Å². The second-order valence-electron chi connectivity index (χ2n) is 7.70. The van der Waals surface area contributed by atoms with Crippen LogP contribution >= 0.6 is 0 Å². The number of anilines is 2. The molecular formula is C24H23F2N3O4S. The maximum atomic E-state index is 13.9. The van der Waals surface area contributed by atoms with Gasteiger partial charge in [-0.15, -0.1) is 0 Å². The molecule has 0 unspecified atom stereocenters. The van der Waals surface area contributed by atoms with Crippen LogP contribution in [0.4, 0.5) is 20.2 Å². The summed E-state index contributed by atoms with van der Waals surface area (Å²) in [6.07, 6.45) is 0. The molecular weight excluding hydrogens is 464 g/mol. The number of nitrogens with one attached hydrogen (secondary N) is 1. The van der Waals surface area contributed by atoms with E-state index in [1.807, 2.05) is 4.90 Å². The van der Waals surface area contributed by atoms with Crippen LogP contribution in [0.25, 0.3) is 0 Å². The molecule has 0 atom stereocenters. The Morgan fingerprint density at radius 2 is 1.65 bits per heavy atom. The van der Waals surface area contributed by atoms with Crippen molar-refractivity contribution in [3.63, 3.8) is 0 Å². The highest BCUT2D eigenvalue weighted by atomic mass is 32.2. The first-order valence-corrected chi connectivity index (χ1v) is 12.0. The first-order chi connectivity index (χ1) is 16.3. The third-order valence-corrected chi connectivity index (χ3v) is 7.47. The molecule has 1 amide bonds. The summed E-state index contributed by atoms with van der Waals surface area (Å²) in [7, 11) is -2.49. The van der Waals surface area contributed by atoms with E-state index in [-0.39, 0.29) is 40.8 Å². The van der Waals surface area contributed by atoms with Crippen molar-refractivity contribution in [2.75, 3.05) is 43.5 Å². The Kier molecular flexibility index (Phi) is 6.80. The Morgan fingerprint density at radius 1 is 0.941 bits per heavy atom. The molecule has 3 aromatic carbocycles. The summed E-state index contributed by atoms with van der Waals surface area (Å²) in [6, 6.07) is 15.8. The van der Waals surface area contributed by atoms with E-state index in [9.17, 15) is 22.0 Å². The molecule has 1 fully saturated rings. The van der Waals surface area contributed by atoms with E-state index in [0.717, 1.165) is 11.8 Å². The van der Waals surface area contributed by atoms with E-state index in [4.69, 9.17) is 4.74 Å². The number of benzene rings is 3. The van der Waals surface area contributed by atoms with Crippen molar-refractivity contribution >= 4 is 27.3 Å². The fraction of sp³-hybridized carbons (Fsp3) is 0.208. The molecule has 1 heterocycles. The minimum absolute atomic E-state index is 0.00343. The molecule has 0 bridgehead atoms. The molecule has 0 aliphatic carbocycles. The van der Waals surface area contributed by atoms with E-state index in [1.54, 1.807) is 12.1 Å². The molecule has 0 spiro atoms. The number of amides is 1. The lowest BCUT2D eigenvalue weighted by Gasteiger charge is -2.35. The van der Waals surface area contributed by atoms with Crippen molar-refractivity contribution in [1.29, 1.82) is 0 Å². The largest absolute Gasteiger partial charge is 0.494 e. The molecule has 0 aromatic heterocycles. The van der Waals surface area contributed by atoms with Crippen LogP contribution in [-0.4, -0.2) is 51.9 Å². The van der Waals surface area contributed by atoms with Gasteiger partial charge in [0.15, 0.2) is 11.6 Å². The van der Waals surface area contributed by atoms with E-state index in [2.05, 4.69) is 5.32 Å². The molecule has 1 saturated heterocycles. The summed E-state index contributed by atoms with van der Waals surface area (Å²) in [4.78, 5) is 14.6. The SMILES string of the molecule is COc1ccc(NC(=O)c2cccc(S(=O)(=O)N3CCN(c4ccc(F)cc4)CC3)c2)cc1F. The molecule has 178 valence electrons. The monoisotopic (exact) mass is 487 g/mol. The maximum absolute atomic E-state index is 13.9. The summed E-state index contributed by atoms with van der Waals surface area (Å²) in [5, 5.41) is 2.56. The molecule has 3 aromatic rings. The average molecular weight is 488 g/mol. The maximum Gasteiger partial charge on any atom is 0.255 e. The summed E-state index contributed by atoms with van der Waals surface area (Å²) in [5.41, 5.74) is 1.17. The number of rotatable bonds is 6. The summed E-state index contributed by atoms with van der Waals surface area (Å²) < 4.78 is 59.7. The van der Waals surface area contributed by atoms with Crippen molar-refractivity contribution < 1.29 is 26.7 Å². The van der Waals surface area contributed by atoms with Gasteiger partial charge in [-0.3, -0.25) is 4.79 Å². The highest BCUT2D eigenvalue weighted by Crippen LogP contribution is 2.24. The number of piperazine rings is 1. The third kappa shape index (κ3) is 5.02. The van der Waals surface area contributed by atoms with Crippen LogP contribution in [0.3, 0.4) is 0 Å². The molecule has 1 aliphatic rings. The number of carbonyl (C=O) groups excluding carboxylic acids is 1. The second-order valence-corrected chi connectivity index (χ2v) is 9.64. The normalized spacial score (nSPS) is 14.6. The van der Waals surface area contributed by atoms with E-state index in [1.165, 1.54) is 59.9 Å². The molecule has 0 saturated carbocycles. The van der Waals surface area contributed by atoms with Crippen LogP contribution in [0.1, 0.15) is 10.4 Å². The molecule has 10 heteroatoms. The van der Waals surface area contributed by atoms with Gasteiger partial charge in [0, 0.05) is 49.2 Å². The van der Waals surface area contributed by atoms with E-state index < -0.39 is 21.7 Å². The van der Waals surface area contributed by atoms with Gasteiger partial charge in [0.1, 0.15) is 5.82 Å². The first-order valence-electron chi connectivity index (χ1n) is 10.5. The van der Waals surface area contributed by atoms with Crippen LogP contribution in [-0.2, 0) is 10.0 Å². The number of hydrogen-bond acceptors (Lipinski definition) is 5. The Morgan fingerprint density at radius 3 is 2.29 bits per heavy atom. The fourth-order valence-corrected chi connectivity index (χ4v) is 5.20. The van der Waals surface area contributed by atoms with Gasteiger partial charge in [0.2, 0.25) is 10.0 Å². The molecule has 0 radical (unpaired) electrons. The molecule has 7 nitrogen and oxygen atoms in total. The fourth-order valence-electron chi connectivity index (χ4n) is 3.73. The smallest absolute Gasteiger partial charge is 0.255 e. The zero-order chi connectivity index (χ0) is 24.3. The van der Waals surface area contributed by atoms with Crippen LogP contribution < -0.4 is 15.0 Å². The predicted molar refractivity (Wildman–Crippen MR) is 125 cm³/mol. The lowest BCUT2D eigenvalue weighted by atomic mass is 10.2. The number of sulfonamides is 1. The van der Waals surface area contributed by atoms with Gasteiger partial charge in [-0.05, 0) is 54.6 Å². The average Bonchev–Trinajstić information content (AvgIpc) is 2.85. The molecule has 4 rings (SSSR count). The Balaban J connectivity index is 1.45. The number of hydrogen-bond donors (Lipinski definition) is 1. The lowest BCUT2D eigenvalue weighted by Crippen LogP contribution is -2.48. The van der Waals surface area contributed by atoms with Crippen molar-refractivity contribution in [2.24, 2.45) is 0 Å². The highest BCUT2D eigenvalue weighted by Gasteiger charge is 2.29. The highest BCUT2D eigenvalue weighted by molar-refractivity contribution is 7.89.